The highest BCUT2D eigenvalue weighted by Crippen LogP contribution is 2.39. The number of hydrogen-bond donors (Lipinski definition) is 1. The number of piperidine rings is 1. The molecule has 0 radical (unpaired) electrons. The SMILES string of the molecule is COC(=O)c1c(NC(=O)C2CCN(C)CC2)sc2c1CCCC2. The third-order valence-electron chi connectivity index (χ3n) is 4.89. The Bertz CT molecular complexity index is 603. The van der Waals surface area contributed by atoms with Crippen LogP contribution in [0.5, 0.6) is 0 Å². The highest BCUT2D eigenvalue weighted by molar-refractivity contribution is 7.17. The Balaban J connectivity index is 1.80. The molecule has 0 atom stereocenters. The molecule has 1 aromatic heterocycles. The molecule has 3 rings (SSSR count). The molecule has 23 heavy (non-hydrogen) atoms. The maximum absolute atomic E-state index is 12.6. The molecule has 0 aromatic carbocycles. The number of methoxy groups -OCH3 is 1. The van der Waals surface area contributed by atoms with Crippen LogP contribution in [0, 0.1) is 5.92 Å². The summed E-state index contributed by atoms with van der Waals surface area (Å²) < 4.78 is 4.95. The number of nitrogens with one attached hydrogen (secondary N) is 1. The summed E-state index contributed by atoms with van der Waals surface area (Å²) in [7, 11) is 3.48. The third kappa shape index (κ3) is 3.43. The first-order valence-corrected chi connectivity index (χ1v) is 9.14. The van der Waals surface area contributed by atoms with Gasteiger partial charge in [-0.25, -0.2) is 4.79 Å². The van der Waals surface area contributed by atoms with Gasteiger partial charge < -0.3 is 15.0 Å². The predicted molar refractivity (Wildman–Crippen MR) is 91.2 cm³/mol. The van der Waals surface area contributed by atoms with Crippen molar-refractivity contribution in [3.05, 3.63) is 16.0 Å². The minimum atomic E-state index is -0.330. The maximum Gasteiger partial charge on any atom is 0.341 e. The summed E-state index contributed by atoms with van der Waals surface area (Å²) >= 11 is 1.56. The minimum absolute atomic E-state index is 0.0378. The van der Waals surface area contributed by atoms with Crippen molar-refractivity contribution in [1.82, 2.24) is 4.90 Å². The fourth-order valence-corrected chi connectivity index (χ4v) is 4.74. The highest BCUT2D eigenvalue weighted by atomic mass is 32.1. The zero-order chi connectivity index (χ0) is 16.4. The quantitative estimate of drug-likeness (QED) is 0.862. The summed E-state index contributed by atoms with van der Waals surface area (Å²) in [4.78, 5) is 28.2. The summed E-state index contributed by atoms with van der Waals surface area (Å²) in [6.07, 6.45) is 5.89. The van der Waals surface area contributed by atoms with Crippen LogP contribution in [-0.4, -0.2) is 44.0 Å². The highest BCUT2D eigenvalue weighted by Gasteiger charge is 2.29. The Morgan fingerprint density at radius 2 is 1.91 bits per heavy atom. The molecule has 6 heteroatoms. The van der Waals surface area contributed by atoms with E-state index in [1.54, 1.807) is 11.3 Å². The molecular formula is C17H24N2O3S. The van der Waals surface area contributed by atoms with Gasteiger partial charge >= 0.3 is 5.97 Å². The van der Waals surface area contributed by atoms with Crippen molar-refractivity contribution < 1.29 is 14.3 Å². The summed E-state index contributed by atoms with van der Waals surface area (Å²) in [5.74, 6) is -0.249. The van der Waals surface area contributed by atoms with Crippen molar-refractivity contribution in [2.75, 3.05) is 32.6 Å². The van der Waals surface area contributed by atoms with Gasteiger partial charge in [0, 0.05) is 10.8 Å². The van der Waals surface area contributed by atoms with E-state index in [4.69, 9.17) is 4.74 Å². The smallest absolute Gasteiger partial charge is 0.341 e. The van der Waals surface area contributed by atoms with Gasteiger partial charge in [-0.3, -0.25) is 4.79 Å². The average Bonchev–Trinajstić information content (AvgIpc) is 2.92. The van der Waals surface area contributed by atoms with Gasteiger partial charge in [-0.1, -0.05) is 0 Å². The van der Waals surface area contributed by atoms with Gasteiger partial charge in [0.15, 0.2) is 0 Å². The lowest BCUT2D eigenvalue weighted by Gasteiger charge is -2.27. The number of ether oxygens (including phenoxy) is 1. The molecule has 5 nitrogen and oxygen atoms in total. The van der Waals surface area contributed by atoms with Gasteiger partial charge in [-0.15, -0.1) is 11.3 Å². The minimum Gasteiger partial charge on any atom is -0.465 e. The van der Waals surface area contributed by atoms with E-state index in [0.717, 1.165) is 57.2 Å². The molecule has 0 bridgehead atoms. The standard InChI is InChI=1S/C17H24N2O3S/c1-19-9-7-11(8-10-19)15(20)18-16-14(17(21)22-2)12-5-3-4-6-13(12)23-16/h11H,3-10H2,1-2H3,(H,18,20). The summed E-state index contributed by atoms with van der Waals surface area (Å²) in [6, 6.07) is 0. The molecule has 1 aliphatic carbocycles. The molecule has 126 valence electrons. The van der Waals surface area contributed by atoms with Crippen LogP contribution >= 0.6 is 11.3 Å². The van der Waals surface area contributed by atoms with Crippen LogP contribution < -0.4 is 5.32 Å². The van der Waals surface area contributed by atoms with Crippen molar-refractivity contribution >= 4 is 28.2 Å². The van der Waals surface area contributed by atoms with Crippen molar-refractivity contribution in [2.24, 2.45) is 5.92 Å². The van der Waals surface area contributed by atoms with Crippen LogP contribution in [0.15, 0.2) is 0 Å². The molecule has 1 aliphatic heterocycles. The Labute approximate surface area is 141 Å². The Kier molecular flexibility index (Phi) is 5.02. The monoisotopic (exact) mass is 336 g/mol. The number of nitrogens with zero attached hydrogens (tertiary/aromatic N) is 1. The van der Waals surface area contributed by atoms with Gasteiger partial charge in [0.05, 0.1) is 12.7 Å². The second kappa shape index (κ2) is 7.01. The van der Waals surface area contributed by atoms with E-state index in [0.29, 0.717) is 10.6 Å². The van der Waals surface area contributed by atoms with E-state index in [-0.39, 0.29) is 17.8 Å². The Morgan fingerprint density at radius 3 is 2.61 bits per heavy atom. The molecule has 0 saturated carbocycles. The average molecular weight is 336 g/mol. The lowest BCUT2D eigenvalue weighted by molar-refractivity contribution is -0.121. The number of aryl methyl sites for hydroxylation is 1. The van der Waals surface area contributed by atoms with Crippen molar-refractivity contribution in [2.45, 2.75) is 38.5 Å². The molecule has 1 aromatic rings. The fourth-order valence-electron chi connectivity index (χ4n) is 3.46. The predicted octanol–water partition coefficient (Wildman–Crippen LogP) is 2.69. The van der Waals surface area contributed by atoms with Gasteiger partial charge in [-0.2, -0.15) is 0 Å². The van der Waals surface area contributed by atoms with Crippen LogP contribution in [0.25, 0.3) is 0 Å². The molecule has 1 saturated heterocycles. The zero-order valence-electron chi connectivity index (χ0n) is 13.8. The number of thiophene rings is 1. The van der Waals surface area contributed by atoms with Gasteiger partial charge in [0.1, 0.15) is 5.00 Å². The Morgan fingerprint density at radius 1 is 1.22 bits per heavy atom. The molecule has 2 heterocycles. The van der Waals surface area contributed by atoms with E-state index >= 15 is 0 Å². The van der Waals surface area contributed by atoms with Crippen LogP contribution in [0.2, 0.25) is 0 Å². The van der Waals surface area contributed by atoms with E-state index in [1.807, 2.05) is 0 Å². The molecule has 1 fully saturated rings. The van der Waals surface area contributed by atoms with E-state index < -0.39 is 0 Å². The molecule has 0 spiro atoms. The lowest BCUT2D eigenvalue weighted by Crippen LogP contribution is -2.36. The van der Waals surface area contributed by atoms with Gasteiger partial charge in [0.2, 0.25) is 5.91 Å². The number of carbonyl (C=O) groups is 2. The van der Waals surface area contributed by atoms with Crippen LogP contribution in [0.1, 0.15) is 46.5 Å². The molecule has 1 amide bonds. The second-order valence-corrected chi connectivity index (χ2v) is 7.58. The van der Waals surface area contributed by atoms with Crippen LogP contribution in [0.3, 0.4) is 0 Å². The number of fused-ring (bicyclic) bond motifs is 1. The Hall–Kier alpha value is -1.40. The molecule has 2 aliphatic rings. The number of carbonyl (C=O) groups excluding carboxylic acids is 2. The largest absolute Gasteiger partial charge is 0.465 e. The molecular weight excluding hydrogens is 312 g/mol. The third-order valence-corrected chi connectivity index (χ3v) is 6.09. The molecule has 0 unspecified atom stereocenters. The first-order chi connectivity index (χ1) is 11.1. The van der Waals surface area contributed by atoms with Crippen molar-refractivity contribution in [3.8, 4) is 0 Å². The summed E-state index contributed by atoms with van der Waals surface area (Å²) in [5.41, 5.74) is 1.68. The van der Waals surface area contributed by atoms with Gasteiger partial charge in [0.25, 0.3) is 0 Å². The summed E-state index contributed by atoms with van der Waals surface area (Å²) in [5, 5.41) is 3.72. The number of likely N-dealkylation sites (tertiary alicyclic amines) is 1. The van der Waals surface area contributed by atoms with Crippen LogP contribution in [0.4, 0.5) is 5.00 Å². The number of hydrogen-bond acceptors (Lipinski definition) is 5. The van der Waals surface area contributed by atoms with E-state index in [2.05, 4.69) is 17.3 Å². The first-order valence-electron chi connectivity index (χ1n) is 8.32. The number of anilines is 1. The molecule has 1 N–H and O–H groups in total. The fraction of sp³-hybridized carbons (Fsp3) is 0.647. The number of esters is 1. The normalized spacial score (nSPS) is 19.2. The van der Waals surface area contributed by atoms with Gasteiger partial charge in [-0.05, 0) is 64.2 Å². The number of amides is 1. The van der Waals surface area contributed by atoms with Crippen LogP contribution in [-0.2, 0) is 22.4 Å². The van der Waals surface area contributed by atoms with Crippen molar-refractivity contribution in [3.63, 3.8) is 0 Å². The first kappa shape index (κ1) is 16.5. The lowest BCUT2D eigenvalue weighted by atomic mass is 9.95. The maximum atomic E-state index is 12.6. The zero-order valence-corrected chi connectivity index (χ0v) is 14.6. The van der Waals surface area contributed by atoms with E-state index in [1.165, 1.54) is 12.0 Å². The van der Waals surface area contributed by atoms with E-state index in [9.17, 15) is 9.59 Å². The topological polar surface area (TPSA) is 58.6 Å². The number of rotatable bonds is 3. The van der Waals surface area contributed by atoms with Crippen molar-refractivity contribution in [1.29, 1.82) is 0 Å². The second-order valence-electron chi connectivity index (χ2n) is 6.47. The summed E-state index contributed by atoms with van der Waals surface area (Å²) in [6.45, 7) is 1.89.